The van der Waals surface area contributed by atoms with Crippen molar-refractivity contribution in [2.45, 2.75) is 45.4 Å². The highest BCUT2D eigenvalue weighted by Crippen LogP contribution is 2.46. The van der Waals surface area contributed by atoms with E-state index in [1.165, 1.54) is 14.2 Å². The lowest BCUT2D eigenvalue weighted by atomic mass is 9.70. The Balaban J connectivity index is 3.18. The van der Waals surface area contributed by atoms with Gasteiger partial charge in [0, 0.05) is 0 Å². The van der Waals surface area contributed by atoms with Crippen LogP contribution < -0.4 is 0 Å². The van der Waals surface area contributed by atoms with Crippen LogP contribution in [0.25, 0.3) is 0 Å². The van der Waals surface area contributed by atoms with Crippen LogP contribution in [0, 0.1) is 11.3 Å². The second-order valence-corrected chi connectivity index (χ2v) is 5.22. The predicted octanol–water partition coefficient (Wildman–Crippen LogP) is 2.87. The van der Waals surface area contributed by atoms with Crippen molar-refractivity contribution in [2.24, 2.45) is 11.3 Å². The molecule has 0 heterocycles. The Morgan fingerprint density at radius 3 is 2.00 bits per heavy atom. The Kier molecular flexibility index (Phi) is 5.58. The maximum Gasteiger partial charge on any atom is 0.323 e. The van der Waals surface area contributed by atoms with Crippen LogP contribution in [0.4, 0.5) is 0 Å². The number of hydrogen-bond acceptors (Lipinski definition) is 4. The van der Waals surface area contributed by atoms with Gasteiger partial charge in [-0.2, -0.15) is 0 Å². The third-order valence-corrected chi connectivity index (χ3v) is 4.18. The van der Waals surface area contributed by atoms with Gasteiger partial charge in [0.25, 0.3) is 0 Å². The normalized spacial score (nSPS) is 16.2. The van der Waals surface area contributed by atoms with Crippen LogP contribution in [-0.4, -0.2) is 26.2 Å². The fourth-order valence-corrected chi connectivity index (χ4v) is 3.01. The van der Waals surface area contributed by atoms with Gasteiger partial charge in [-0.05, 0) is 31.6 Å². The van der Waals surface area contributed by atoms with E-state index in [4.69, 9.17) is 9.47 Å². The Hall–Kier alpha value is -1.32. The van der Waals surface area contributed by atoms with Crippen molar-refractivity contribution in [1.82, 2.24) is 0 Å². The Morgan fingerprint density at radius 1 is 1.16 bits per heavy atom. The molecule has 1 saturated carbocycles. The molecule has 0 aromatic carbocycles. The molecule has 0 spiro atoms. The molecule has 0 aromatic rings. The molecule has 0 N–H and O–H groups in total. The van der Waals surface area contributed by atoms with Crippen LogP contribution in [0.15, 0.2) is 12.2 Å². The average molecular weight is 268 g/mol. The summed E-state index contributed by atoms with van der Waals surface area (Å²) in [5.74, 6) is -0.975. The fourth-order valence-electron chi connectivity index (χ4n) is 3.01. The zero-order valence-electron chi connectivity index (χ0n) is 12.2. The molecule has 1 rings (SSSR count). The molecule has 19 heavy (non-hydrogen) atoms. The number of esters is 2. The maximum atomic E-state index is 12.3. The van der Waals surface area contributed by atoms with Gasteiger partial charge in [0.2, 0.25) is 0 Å². The fraction of sp³-hybridized carbons (Fsp3) is 0.733. The molecule has 1 aliphatic rings. The van der Waals surface area contributed by atoms with Gasteiger partial charge in [-0.1, -0.05) is 31.9 Å². The van der Waals surface area contributed by atoms with E-state index in [9.17, 15) is 9.59 Å². The molecule has 4 nitrogen and oxygen atoms in total. The van der Waals surface area contributed by atoms with Crippen LogP contribution >= 0.6 is 0 Å². The third-order valence-electron chi connectivity index (χ3n) is 4.18. The van der Waals surface area contributed by atoms with E-state index in [0.29, 0.717) is 6.42 Å². The second kappa shape index (κ2) is 6.73. The van der Waals surface area contributed by atoms with Gasteiger partial charge < -0.3 is 9.47 Å². The summed E-state index contributed by atoms with van der Waals surface area (Å²) in [5, 5.41) is 0. The van der Waals surface area contributed by atoms with E-state index in [1.54, 1.807) is 0 Å². The monoisotopic (exact) mass is 268 g/mol. The van der Waals surface area contributed by atoms with Gasteiger partial charge >= 0.3 is 11.9 Å². The molecule has 0 unspecified atom stereocenters. The summed E-state index contributed by atoms with van der Waals surface area (Å²) in [5.41, 5.74) is -0.324. The van der Waals surface area contributed by atoms with Crippen LogP contribution in [0.5, 0.6) is 0 Å². The zero-order valence-corrected chi connectivity index (χ0v) is 12.2. The van der Waals surface area contributed by atoms with Crippen LogP contribution in [0.2, 0.25) is 0 Å². The lowest BCUT2D eigenvalue weighted by Crippen LogP contribution is -2.46. The lowest BCUT2D eigenvalue weighted by molar-refractivity contribution is -0.173. The molecule has 108 valence electrons. The summed E-state index contributed by atoms with van der Waals surface area (Å²) in [6, 6.07) is 0. The standard InChI is InChI=1S/C15H24O4/c1-5-11(2)10-15(13(16)18-3,14(17)19-4)12-8-6-7-9-12/h12H,2,5-10H2,1,3-4H3. The largest absolute Gasteiger partial charge is 0.468 e. The van der Waals surface area contributed by atoms with Gasteiger partial charge in [-0.15, -0.1) is 0 Å². The van der Waals surface area contributed by atoms with E-state index in [0.717, 1.165) is 37.7 Å². The van der Waals surface area contributed by atoms with Crippen LogP contribution in [-0.2, 0) is 19.1 Å². The highest BCUT2D eigenvalue weighted by molar-refractivity contribution is 6.00. The lowest BCUT2D eigenvalue weighted by Gasteiger charge is -2.34. The summed E-state index contributed by atoms with van der Waals surface area (Å²) >= 11 is 0. The summed E-state index contributed by atoms with van der Waals surface area (Å²) < 4.78 is 9.83. The topological polar surface area (TPSA) is 52.6 Å². The Labute approximate surface area is 115 Å². The molecule has 1 fully saturated rings. The molecule has 0 amide bonds. The number of rotatable bonds is 6. The Morgan fingerprint density at radius 2 is 1.63 bits per heavy atom. The van der Waals surface area contributed by atoms with Crippen molar-refractivity contribution in [3.63, 3.8) is 0 Å². The third kappa shape index (κ3) is 2.99. The number of carbonyl (C=O) groups excluding carboxylic acids is 2. The first-order valence-electron chi connectivity index (χ1n) is 6.86. The Bertz CT molecular complexity index is 337. The SMILES string of the molecule is C=C(CC)CC(C(=O)OC)(C(=O)OC)C1CCCC1. The summed E-state index contributed by atoms with van der Waals surface area (Å²) in [7, 11) is 2.65. The number of methoxy groups -OCH3 is 2. The van der Waals surface area contributed by atoms with E-state index >= 15 is 0 Å². The van der Waals surface area contributed by atoms with Gasteiger partial charge in [0.1, 0.15) is 0 Å². The summed E-state index contributed by atoms with van der Waals surface area (Å²) in [6.07, 6.45) is 4.87. The number of hydrogen-bond donors (Lipinski definition) is 0. The average Bonchev–Trinajstić information content (AvgIpc) is 2.97. The van der Waals surface area contributed by atoms with Gasteiger partial charge in [0.15, 0.2) is 5.41 Å². The second-order valence-electron chi connectivity index (χ2n) is 5.22. The van der Waals surface area contributed by atoms with Crippen molar-refractivity contribution >= 4 is 11.9 Å². The molecule has 0 aliphatic heterocycles. The molecule has 0 radical (unpaired) electrons. The predicted molar refractivity (Wildman–Crippen MR) is 72.5 cm³/mol. The van der Waals surface area contributed by atoms with Gasteiger partial charge in [-0.3, -0.25) is 9.59 Å². The minimum Gasteiger partial charge on any atom is -0.468 e. The van der Waals surface area contributed by atoms with Crippen molar-refractivity contribution in [1.29, 1.82) is 0 Å². The molecule has 0 saturated heterocycles. The first-order chi connectivity index (χ1) is 9.02. The smallest absolute Gasteiger partial charge is 0.323 e. The van der Waals surface area contributed by atoms with E-state index in [1.807, 2.05) is 6.92 Å². The molecule has 4 heteroatoms. The van der Waals surface area contributed by atoms with E-state index in [-0.39, 0.29) is 5.92 Å². The number of ether oxygens (including phenoxy) is 2. The van der Waals surface area contributed by atoms with Crippen LogP contribution in [0.1, 0.15) is 45.4 Å². The first kappa shape index (κ1) is 15.7. The minimum absolute atomic E-state index is 0.00398. The van der Waals surface area contributed by atoms with Gasteiger partial charge in [-0.25, -0.2) is 0 Å². The molecular formula is C15H24O4. The highest BCUT2D eigenvalue weighted by Gasteiger charge is 2.54. The van der Waals surface area contributed by atoms with Crippen LogP contribution in [0.3, 0.4) is 0 Å². The highest BCUT2D eigenvalue weighted by atomic mass is 16.5. The quantitative estimate of drug-likeness (QED) is 0.422. The van der Waals surface area contributed by atoms with E-state index in [2.05, 4.69) is 6.58 Å². The van der Waals surface area contributed by atoms with Crippen molar-refractivity contribution in [2.75, 3.05) is 14.2 Å². The molecule has 1 aliphatic carbocycles. The molecule has 0 atom stereocenters. The number of allylic oxidation sites excluding steroid dienone is 1. The summed E-state index contributed by atoms with van der Waals surface area (Å²) in [4.78, 5) is 24.6. The summed E-state index contributed by atoms with van der Waals surface area (Å²) in [6.45, 7) is 5.92. The van der Waals surface area contributed by atoms with Crippen molar-refractivity contribution in [3.05, 3.63) is 12.2 Å². The molecular weight excluding hydrogens is 244 g/mol. The number of carbonyl (C=O) groups is 2. The first-order valence-corrected chi connectivity index (χ1v) is 6.86. The minimum atomic E-state index is -1.20. The van der Waals surface area contributed by atoms with Gasteiger partial charge in [0.05, 0.1) is 14.2 Å². The van der Waals surface area contributed by atoms with E-state index < -0.39 is 17.4 Å². The molecule has 0 bridgehead atoms. The van der Waals surface area contributed by atoms with Crippen molar-refractivity contribution in [3.8, 4) is 0 Å². The van der Waals surface area contributed by atoms with Crippen molar-refractivity contribution < 1.29 is 19.1 Å². The zero-order chi connectivity index (χ0) is 14.5. The maximum absolute atomic E-state index is 12.3. The molecule has 0 aromatic heterocycles.